The fourth-order valence-corrected chi connectivity index (χ4v) is 6.85. The molecule has 3 aliphatic heterocycles. The van der Waals surface area contributed by atoms with Crippen molar-refractivity contribution in [2.45, 2.75) is 56.7 Å². The summed E-state index contributed by atoms with van der Waals surface area (Å²) < 4.78 is 36.4. The normalized spacial score (nSPS) is 26.6. The van der Waals surface area contributed by atoms with Crippen molar-refractivity contribution in [3.8, 4) is 0 Å². The van der Waals surface area contributed by atoms with E-state index >= 15 is 8.78 Å². The lowest BCUT2D eigenvalue weighted by Crippen LogP contribution is -2.50. The second-order valence-corrected chi connectivity index (χ2v) is 11.5. The molecule has 1 aromatic heterocycles. The number of carbonyl (C=O) groups excluding carboxylic acids is 1. The summed E-state index contributed by atoms with van der Waals surface area (Å²) in [6, 6.07) is 5.04. The van der Waals surface area contributed by atoms with Crippen molar-refractivity contribution in [1.82, 2.24) is 15.2 Å². The summed E-state index contributed by atoms with van der Waals surface area (Å²) in [5, 5.41) is 14.9. The van der Waals surface area contributed by atoms with Crippen molar-refractivity contribution in [1.29, 1.82) is 0 Å². The van der Waals surface area contributed by atoms with Gasteiger partial charge in [0, 0.05) is 47.2 Å². The van der Waals surface area contributed by atoms with Gasteiger partial charge in [0.2, 0.25) is 0 Å². The lowest BCUT2D eigenvalue weighted by atomic mass is 9.87. The molecule has 12 heteroatoms. The number of halogens is 3. The minimum Gasteiger partial charge on any atom is -0.481 e. The number of aromatic nitrogens is 1. The molecule has 0 amide bonds. The lowest BCUT2D eigenvalue weighted by molar-refractivity contribution is -0.140. The number of carboxylic acid groups (broad SMARTS) is 1. The van der Waals surface area contributed by atoms with Gasteiger partial charge in [-0.05, 0) is 37.3 Å². The number of carbonyl (C=O) groups is 2. The zero-order valence-corrected chi connectivity index (χ0v) is 23.0. The molecule has 0 spiro atoms. The van der Waals surface area contributed by atoms with Crippen LogP contribution in [-0.2, 0) is 14.3 Å². The molecule has 4 atom stereocenters. The topological polar surface area (TPSA) is 104 Å². The maximum absolute atomic E-state index is 15.1. The fraction of sp³-hybridized carbons (Fsp3) is 0.462. The molecule has 2 N–H and O–H groups in total. The number of ether oxygens (including phenoxy) is 1. The number of hydrogen-bond donors (Lipinski definition) is 2. The number of aliphatic imine (C=N–C) groups is 1. The largest absolute Gasteiger partial charge is 0.481 e. The summed E-state index contributed by atoms with van der Waals surface area (Å²) in [5.41, 5.74) is 1.43. The molecule has 4 heterocycles. The van der Waals surface area contributed by atoms with Gasteiger partial charge in [-0.2, -0.15) is 0 Å². The Morgan fingerprint density at radius 1 is 1.32 bits per heavy atom. The number of amidine groups is 1. The van der Waals surface area contributed by atoms with Crippen LogP contribution in [0.15, 0.2) is 56.6 Å². The Morgan fingerprint density at radius 2 is 2.11 bits per heavy atom. The average molecular weight is 609 g/mol. The number of piperidine rings is 1. The van der Waals surface area contributed by atoms with E-state index in [9.17, 15) is 14.7 Å². The molecule has 2 aromatic rings. The number of esters is 1. The van der Waals surface area contributed by atoms with Crippen LogP contribution in [0.4, 0.5) is 8.78 Å². The van der Waals surface area contributed by atoms with E-state index < -0.39 is 36.0 Å². The Labute approximate surface area is 230 Å². The minimum atomic E-state index is -2.95. The maximum atomic E-state index is 15.1. The predicted octanol–water partition coefficient (Wildman–Crippen LogP) is 4.78. The van der Waals surface area contributed by atoms with E-state index in [0.29, 0.717) is 23.0 Å². The Kier molecular flexibility index (Phi) is 7.65. The summed E-state index contributed by atoms with van der Waals surface area (Å²) in [6.07, 6.45) is 1.63. The summed E-state index contributed by atoms with van der Waals surface area (Å²) in [6.45, 7) is 1.90. The first-order valence-corrected chi connectivity index (χ1v) is 14.1. The highest BCUT2D eigenvalue weighted by molar-refractivity contribution is 9.10. The van der Waals surface area contributed by atoms with E-state index in [4.69, 9.17) is 9.73 Å². The molecule has 8 nitrogen and oxygen atoms in total. The summed E-state index contributed by atoms with van der Waals surface area (Å²) in [5.74, 6) is -4.37. The Hall–Kier alpha value is -2.70. The number of rotatable bonds is 8. The van der Waals surface area contributed by atoms with Gasteiger partial charge >= 0.3 is 11.9 Å². The fourth-order valence-electron chi connectivity index (χ4n) is 5.76. The molecule has 2 fully saturated rings. The molecule has 5 rings (SSSR count). The standard InChI is InChI=1S/C26H27BrF2N4O4S/c1-2-37-25(36)21-18(13-33-15-9-14(11-20(34)35)10-19(33)26(28,29)12-15)31-23(24-30-7-8-38-24)32-22(21)16-5-3-4-6-17(16)27/h3-8,14-15,19,22H,2,9-13H2,1H3,(H,31,32)(H,34,35)/t14-,15+,19-,22+/m1/s1. The quantitative estimate of drug-likeness (QED) is 0.416. The summed E-state index contributed by atoms with van der Waals surface area (Å²) >= 11 is 4.94. The Bertz CT molecular complexity index is 1290. The second-order valence-electron chi connectivity index (χ2n) is 9.72. The van der Waals surface area contributed by atoms with Crippen LogP contribution in [0.1, 0.15) is 49.2 Å². The van der Waals surface area contributed by atoms with Gasteiger partial charge in [0.1, 0.15) is 6.04 Å². The van der Waals surface area contributed by atoms with E-state index in [1.54, 1.807) is 18.0 Å². The number of alkyl halides is 2. The molecule has 1 aromatic carbocycles. The van der Waals surface area contributed by atoms with Gasteiger partial charge in [0.05, 0.1) is 18.2 Å². The van der Waals surface area contributed by atoms with Crippen LogP contribution >= 0.6 is 27.3 Å². The van der Waals surface area contributed by atoms with E-state index in [1.165, 1.54) is 11.3 Å². The molecule has 2 saturated heterocycles. The van der Waals surface area contributed by atoms with Gasteiger partial charge in [0.25, 0.3) is 5.92 Å². The number of nitrogens with one attached hydrogen (secondary N) is 1. The minimum absolute atomic E-state index is 0.0458. The molecular formula is C26H27BrF2N4O4S. The molecule has 2 bridgehead atoms. The zero-order valence-electron chi connectivity index (χ0n) is 20.6. The van der Waals surface area contributed by atoms with Gasteiger partial charge in [-0.25, -0.2) is 18.6 Å². The zero-order chi connectivity index (χ0) is 27.0. The van der Waals surface area contributed by atoms with Crippen molar-refractivity contribution < 1.29 is 28.2 Å². The highest BCUT2D eigenvalue weighted by atomic mass is 79.9. The first-order valence-electron chi connectivity index (χ1n) is 12.4. The van der Waals surface area contributed by atoms with Crippen LogP contribution in [0.2, 0.25) is 0 Å². The van der Waals surface area contributed by atoms with Crippen LogP contribution in [0.3, 0.4) is 0 Å². The van der Waals surface area contributed by atoms with E-state index in [0.717, 1.165) is 10.0 Å². The molecule has 38 heavy (non-hydrogen) atoms. The molecule has 0 unspecified atom stereocenters. The van der Waals surface area contributed by atoms with E-state index in [1.807, 2.05) is 29.6 Å². The lowest BCUT2D eigenvalue weighted by Gasteiger charge is -2.40. The van der Waals surface area contributed by atoms with Gasteiger partial charge in [0.15, 0.2) is 10.8 Å². The molecule has 0 aliphatic carbocycles. The van der Waals surface area contributed by atoms with Crippen molar-refractivity contribution in [2.75, 3.05) is 13.2 Å². The number of hydrogen-bond acceptors (Lipinski definition) is 8. The highest BCUT2D eigenvalue weighted by Gasteiger charge is 2.57. The number of benzene rings is 1. The van der Waals surface area contributed by atoms with Gasteiger partial charge < -0.3 is 15.2 Å². The van der Waals surface area contributed by atoms with Gasteiger partial charge in [-0.1, -0.05) is 34.1 Å². The molecule has 0 saturated carbocycles. The van der Waals surface area contributed by atoms with Crippen LogP contribution in [0.5, 0.6) is 0 Å². The Balaban J connectivity index is 1.57. The van der Waals surface area contributed by atoms with Gasteiger partial charge in [-0.3, -0.25) is 14.7 Å². The summed E-state index contributed by atoms with van der Waals surface area (Å²) in [7, 11) is 0. The second kappa shape index (κ2) is 10.8. The number of fused-ring (bicyclic) bond motifs is 2. The summed E-state index contributed by atoms with van der Waals surface area (Å²) in [4.78, 5) is 35.6. The van der Waals surface area contributed by atoms with Crippen molar-refractivity contribution in [3.05, 3.63) is 62.2 Å². The van der Waals surface area contributed by atoms with Crippen LogP contribution in [0, 0.1) is 5.92 Å². The first-order chi connectivity index (χ1) is 18.2. The molecular weight excluding hydrogens is 582 g/mol. The van der Waals surface area contributed by atoms with Crippen LogP contribution < -0.4 is 5.32 Å². The molecule has 0 radical (unpaired) electrons. The smallest absolute Gasteiger partial charge is 0.338 e. The van der Waals surface area contributed by atoms with Crippen molar-refractivity contribution >= 4 is 45.0 Å². The van der Waals surface area contributed by atoms with Gasteiger partial charge in [-0.15, -0.1) is 11.3 Å². The SMILES string of the molecule is CCOC(=O)C1=C(CN2[C@H]3C[C@@H](CC(=O)O)C[C@@H]2C(F)(F)C3)NC(c2nccs2)=N[C@H]1c1ccccc1Br. The first kappa shape index (κ1) is 26.9. The predicted molar refractivity (Wildman–Crippen MR) is 141 cm³/mol. The molecule has 3 aliphatic rings. The van der Waals surface area contributed by atoms with Crippen molar-refractivity contribution in [3.63, 3.8) is 0 Å². The maximum Gasteiger partial charge on any atom is 0.338 e. The number of nitrogens with zero attached hydrogens (tertiary/aromatic N) is 3. The Morgan fingerprint density at radius 3 is 2.76 bits per heavy atom. The number of aliphatic carboxylic acids is 1. The third kappa shape index (κ3) is 5.26. The number of thiazole rings is 1. The van der Waals surface area contributed by atoms with Crippen molar-refractivity contribution in [2.24, 2.45) is 10.9 Å². The van der Waals surface area contributed by atoms with E-state index in [-0.39, 0.29) is 43.9 Å². The van der Waals surface area contributed by atoms with Crippen LogP contribution in [0.25, 0.3) is 0 Å². The van der Waals surface area contributed by atoms with E-state index in [2.05, 4.69) is 26.2 Å². The highest BCUT2D eigenvalue weighted by Crippen LogP contribution is 2.49. The number of carboxylic acids is 1. The third-order valence-electron chi connectivity index (χ3n) is 7.29. The molecule has 202 valence electrons. The van der Waals surface area contributed by atoms with Crippen LogP contribution in [-0.4, -0.2) is 63.9 Å². The average Bonchev–Trinajstić information content (AvgIpc) is 3.43. The third-order valence-corrected chi connectivity index (χ3v) is 8.79. The monoisotopic (exact) mass is 608 g/mol.